The molecule has 1 aliphatic rings. The van der Waals surface area contributed by atoms with Gasteiger partial charge in [-0.2, -0.15) is 0 Å². The molecule has 0 spiro atoms. The molecule has 1 saturated heterocycles. The maximum atomic E-state index is 11.9. The summed E-state index contributed by atoms with van der Waals surface area (Å²) in [5.41, 5.74) is -0.192. The highest BCUT2D eigenvalue weighted by Crippen LogP contribution is 2.21. The maximum absolute atomic E-state index is 11.9. The van der Waals surface area contributed by atoms with E-state index in [1.54, 1.807) is 25.3 Å². The van der Waals surface area contributed by atoms with Crippen LogP contribution in [0.25, 0.3) is 0 Å². The largest absolute Gasteiger partial charge is 0.389 e. The quantitative estimate of drug-likeness (QED) is 0.826. The van der Waals surface area contributed by atoms with Crippen molar-refractivity contribution < 1.29 is 9.90 Å². The van der Waals surface area contributed by atoms with Crippen molar-refractivity contribution in [3.63, 3.8) is 0 Å². The van der Waals surface area contributed by atoms with Crippen LogP contribution in [0, 0.1) is 0 Å². The van der Waals surface area contributed by atoms with Crippen molar-refractivity contribution in [3.05, 3.63) is 23.5 Å². The molecule has 5 nitrogen and oxygen atoms in total. The van der Waals surface area contributed by atoms with Crippen molar-refractivity contribution in [2.75, 3.05) is 25.0 Å². The standard InChI is InChI=1S/C13H18ClN3O2/c1-13(19)5-3-7-17(9-13)8-11(18)16-10-4-2-6-15-12(10)14/h2,4,6,19H,3,5,7-9H2,1H3,(H,16,18). The SMILES string of the molecule is CC1(O)CCCN(CC(=O)Nc2cccnc2Cl)C1. The maximum Gasteiger partial charge on any atom is 0.238 e. The molecule has 0 bridgehead atoms. The Morgan fingerprint density at radius 1 is 1.68 bits per heavy atom. The summed E-state index contributed by atoms with van der Waals surface area (Å²) in [6.45, 7) is 3.39. The van der Waals surface area contributed by atoms with E-state index in [0.29, 0.717) is 12.2 Å². The number of rotatable bonds is 3. The summed E-state index contributed by atoms with van der Waals surface area (Å²) in [5.74, 6) is -0.146. The predicted octanol–water partition coefficient (Wildman–Crippen LogP) is 1.52. The summed E-state index contributed by atoms with van der Waals surface area (Å²) < 4.78 is 0. The van der Waals surface area contributed by atoms with E-state index in [1.165, 1.54) is 0 Å². The van der Waals surface area contributed by atoms with Gasteiger partial charge in [0.2, 0.25) is 5.91 Å². The summed E-state index contributed by atoms with van der Waals surface area (Å²) in [7, 11) is 0. The third-order valence-corrected chi connectivity index (χ3v) is 3.46. The smallest absolute Gasteiger partial charge is 0.238 e. The van der Waals surface area contributed by atoms with Gasteiger partial charge in [0, 0.05) is 12.7 Å². The van der Waals surface area contributed by atoms with Crippen LogP contribution in [-0.4, -0.2) is 46.1 Å². The minimum Gasteiger partial charge on any atom is -0.389 e. The Morgan fingerprint density at radius 3 is 3.16 bits per heavy atom. The van der Waals surface area contributed by atoms with Gasteiger partial charge < -0.3 is 10.4 Å². The molecule has 1 atom stereocenters. The predicted molar refractivity (Wildman–Crippen MR) is 74.2 cm³/mol. The molecule has 6 heteroatoms. The molecule has 19 heavy (non-hydrogen) atoms. The number of halogens is 1. The summed E-state index contributed by atoms with van der Waals surface area (Å²) >= 11 is 5.88. The minimum absolute atomic E-state index is 0.146. The Kier molecular flexibility index (Phi) is 4.39. The van der Waals surface area contributed by atoms with Crippen molar-refractivity contribution in [2.24, 2.45) is 0 Å². The number of nitrogens with zero attached hydrogens (tertiary/aromatic N) is 2. The number of amides is 1. The summed E-state index contributed by atoms with van der Waals surface area (Å²) in [5, 5.41) is 13.0. The van der Waals surface area contributed by atoms with E-state index in [4.69, 9.17) is 11.6 Å². The first-order chi connectivity index (χ1) is 8.96. The van der Waals surface area contributed by atoms with Gasteiger partial charge in [-0.1, -0.05) is 11.6 Å². The van der Waals surface area contributed by atoms with E-state index in [-0.39, 0.29) is 17.6 Å². The fourth-order valence-electron chi connectivity index (χ4n) is 2.33. The lowest BCUT2D eigenvalue weighted by Crippen LogP contribution is -2.48. The lowest BCUT2D eigenvalue weighted by molar-refractivity contribution is -0.118. The molecule has 0 aliphatic carbocycles. The minimum atomic E-state index is -0.704. The second-order valence-electron chi connectivity index (χ2n) is 5.20. The number of carbonyl (C=O) groups is 1. The van der Waals surface area contributed by atoms with E-state index < -0.39 is 5.60 Å². The van der Waals surface area contributed by atoms with Gasteiger partial charge in [0.1, 0.15) is 0 Å². The lowest BCUT2D eigenvalue weighted by atomic mass is 9.95. The first kappa shape index (κ1) is 14.2. The average molecular weight is 284 g/mol. The summed E-state index contributed by atoms with van der Waals surface area (Å²) in [4.78, 5) is 17.8. The Labute approximate surface area is 117 Å². The number of hydrogen-bond donors (Lipinski definition) is 2. The topological polar surface area (TPSA) is 65.5 Å². The van der Waals surface area contributed by atoms with Crippen LogP contribution >= 0.6 is 11.6 Å². The van der Waals surface area contributed by atoms with Crippen molar-refractivity contribution in [3.8, 4) is 0 Å². The number of carbonyl (C=O) groups excluding carboxylic acids is 1. The number of anilines is 1. The molecular formula is C13H18ClN3O2. The molecule has 1 aromatic rings. The van der Waals surface area contributed by atoms with Gasteiger partial charge in [-0.05, 0) is 38.4 Å². The Hall–Kier alpha value is -1.17. The van der Waals surface area contributed by atoms with Crippen LogP contribution < -0.4 is 5.32 Å². The van der Waals surface area contributed by atoms with E-state index in [1.807, 2.05) is 4.90 Å². The zero-order valence-corrected chi connectivity index (χ0v) is 11.7. The highest BCUT2D eigenvalue weighted by atomic mass is 35.5. The van der Waals surface area contributed by atoms with Gasteiger partial charge in [0.05, 0.1) is 17.8 Å². The Bertz CT molecular complexity index is 465. The van der Waals surface area contributed by atoms with Crippen LogP contribution in [0.4, 0.5) is 5.69 Å². The number of hydrogen-bond acceptors (Lipinski definition) is 4. The molecule has 0 radical (unpaired) electrons. The molecule has 1 aliphatic heterocycles. The molecular weight excluding hydrogens is 266 g/mol. The molecule has 1 unspecified atom stereocenters. The molecule has 1 aromatic heterocycles. The van der Waals surface area contributed by atoms with Gasteiger partial charge in [-0.3, -0.25) is 9.69 Å². The molecule has 0 saturated carbocycles. The summed E-state index contributed by atoms with van der Waals surface area (Å²) in [6.07, 6.45) is 3.24. The van der Waals surface area contributed by atoms with Crippen LogP contribution in [0.15, 0.2) is 18.3 Å². The van der Waals surface area contributed by atoms with Crippen molar-refractivity contribution in [2.45, 2.75) is 25.4 Å². The number of pyridine rings is 1. The average Bonchev–Trinajstić information content (AvgIpc) is 2.30. The van der Waals surface area contributed by atoms with Crippen LogP contribution in [0.1, 0.15) is 19.8 Å². The number of likely N-dealkylation sites (tertiary alicyclic amines) is 1. The van der Waals surface area contributed by atoms with Gasteiger partial charge in [-0.15, -0.1) is 0 Å². The fraction of sp³-hybridized carbons (Fsp3) is 0.538. The monoisotopic (exact) mass is 283 g/mol. The molecule has 1 fully saturated rings. The zero-order valence-electron chi connectivity index (χ0n) is 10.9. The number of piperidine rings is 1. The van der Waals surface area contributed by atoms with Crippen molar-refractivity contribution in [1.82, 2.24) is 9.88 Å². The third-order valence-electron chi connectivity index (χ3n) is 3.15. The molecule has 1 amide bonds. The Balaban J connectivity index is 1.90. The van der Waals surface area contributed by atoms with E-state index in [0.717, 1.165) is 19.4 Å². The Morgan fingerprint density at radius 2 is 2.47 bits per heavy atom. The molecule has 2 rings (SSSR count). The van der Waals surface area contributed by atoms with Crippen molar-refractivity contribution >= 4 is 23.2 Å². The van der Waals surface area contributed by atoms with Gasteiger partial charge in [0.25, 0.3) is 0 Å². The molecule has 2 N–H and O–H groups in total. The van der Waals surface area contributed by atoms with Crippen LogP contribution in [0.5, 0.6) is 0 Å². The molecule has 104 valence electrons. The highest BCUT2D eigenvalue weighted by Gasteiger charge is 2.29. The van der Waals surface area contributed by atoms with Crippen LogP contribution in [0.3, 0.4) is 0 Å². The zero-order chi connectivity index (χ0) is 13.9. The summed E-state index contributed by atoms with van der Waals surface area (Å²) in [6, 6.07) is 3.42. The van der Waals surface area contributed by atoms with Crippen LogP contribution in [0.2, 0.25) is 5.15 Å². The van der Waals surface area contributed by atoms with Gasteiger partial charge in [0.15, 0.2) is 5.15 Å². The van der Waals surface area contributed by atoms with E-state index in [2.05, 4.69) is 10.3 Å². The molecule has 2 heterocycles. The molecule has 0 aromatic carbocycles. The van der Waals surface area contributed by atoms with Crippen molar-refractivity contribution in [1.29, 1.82) is 0 Å². The normalized spacial score (nSPS) is 24.2. The number of nitrogens with one attached hydrogen (secondary N) is 1. The first-order valence-corrected chi connectivity index (χ1v) is 6.69. The fourth-order valence-corrected chi connectivity index (χ4v) is 2.50. The second-order valence-corrected chi connectivity index (χ2v) is 5.56. The second kappa shape index (κ2) is 5.86. The van der Waals surface area contributed by atoms with Gasteiger partial charge in [-0.25, -0.2) is 4.98 Å². The van der Waals surface area contributed by atoms with Crippen LogP contribution in [-0.2, 0) is 4.79 Å². The number of β-amino-alcohol motifs (C(OH)–C–C–N with tert-alkyl or cyclic N) is 1. The number of aromatic nitrogens is 1. The van der Waals surface area contributed by atoms with Gasteiger partial charge >= 0.3 is 0 Å². The third kappa shape index (κ3) is 4.16. The van der Waals surface area contributed by atoms with E-state index in [9.17, 15) is 9.90 Å². The lowest BCUT2D eigenvalue weighted by Gasteiger charge is -2.36. The first-order valence-electron chi connectivity index (χ1n) is 6.31. The van der Waals surface area contributed by atoms with E-state index >= 15 is 0 Å². The highest BCUT2D eigenvalue weighted by molar-refractivity contribution is 6.32. The number of aliphatic hydroxyl groups is 1.